The van der Waals surface area contributed by atoms with Crippen molar-refractivity contribution in [2.75, 3.05) is 19.3 Å². The predicted molar refractivity (Wildman–Crippen MR) is 65.9 cm³/mol. The van der Waals surface area contributed by atoms with Crippen LogP contribution in [0.4, 0.5) is 0 Å². The van der Waals surface area contributed by atoms with Crippen molar-refractivity contribution in [3.05, 3.63) is 12.2 Å². The summed E-state index contributed by atoms with van der Waals surface area (Å²) in [5.74, 6) is 0. The molecule has 0 spiro atoms. The quantitative estimate of drug-likeness (QED) is 0.554. The van der Waals surface area contributed by atoms with Crippen molar-refractivity contribution in [2.45, 2.75) is 37.9 Å². The van der Waals surface area contributed by atoms with E-state index in [4.69, 9.17) is 10.3 Å². The van der Waals surface area contributed by atoms with Crippen molar-refractivity contribution in [3.8, 4) is 0 Å². The molecule has 1 aliphatic rings. The first kappa shape index (κ1) is 13.9. The van der Waals surface area contributed by atoms with Crippen molar-refractivity contribution < 1.29 is 14.2 Å². The molecule has 0 radical (unpaired) electrons. The zero-order valence-corrected chi connectivity index (χ0v) is 10.7. The summed E-state index contributed by atoms with van der Waals surface area (Å²) in [6, 6.07) is 0. The molecule has 0 heterocycles. The minimum atomic E-state index is -2.75. The van der Waals surface area contributed by atoms with Crippen molar-refractivity contribution in [1.29, 1.82) is 0 Å². The van der Waals surface area contributed by atoms with E-state index in [-0.39, 0.29) is 18.4 Å². The minimum absolute atomic E-state index is 0.0543. The van der Waals surface area contributed by atoms with Crippen molar-refractivity contribution in [2.24, 2.45) is 5.73 Å². The van der Waals surface area contributed by atoms with Crippen LogP contribution in [0, 0.1) is 0 Å². The van der Waals surface area contributed by atoms with Gasteiger partial charge in [-0.05, 0) is 26.2 Å². The van der Waals surface area contributed by atoms with E-state index in [9.17, 15) is 9.67 Å². The van der Waals surface area contributed by atoms with Crippen LogP contribution in [0.2, 0.25) is 0 Å². The second kappa shape index (κ2) is 6.55. The zero-order valence-electron chi connectivity index (χ0n) is 9.84. The Morgan fingerprint density at radius 2 is 2.38 bits per heavy atom. The SMILES string of the molecule is CCOP(=O)(C[C@@H](O)CN)C1CC=CCC1. The van der Waals surface area contributed by atoms with Crippen molar-refractivity contribution in [3.63, 3.8) is 0 Å². The van der Waals surface area contributed by atoms with Crippen molar-refractivity contribution >= 4 is 7.37 Å². The van der Waals surface area contributed by atoms with Crippen LogP contribution in [0.15, 0.2) is 12.2 Å². The monoisotopic (exact) mass is 247 g/mol. The van der Waals surface area contributed by atoms with Gasteiger partial charge in [0.1, 0.15) is 0 Å². The Bertz CT molecular complexity index is 280. The van der Waals surface area contributed by atoms with E-state index >= 15 is 0 Å². The largest absolute Gasteiger partial charge is 0.391 e. The molecule has 16 heavy (non-hydrogen) atoms. The van der Waals surface area contributed by atoms with Crippen LogP contribution >= 0.6 is 7.37 Å². The van der Waals surface area contributed by atoms with Gasteiger partial charge in [0.15, 0.2) is 0 Å². The van der Waals surface area contributed by atoms with Gasteiger partial charge in [0.25, 0.3) is 0 Å². The Hall–Kier alpha value is -0.150. The predicted octanol–water partition coefficient (Wildman–Crippen LogP) is 1.73. The van der Waals surface area contributed by atoms with Gasteiger partial charge in [-0.15, -0.1) is 0 Å². The number of hydrogen-bond donors (Lipinski definition) is 2. The molecule has 0 aromatic carbocycles. The van der Waals surface area contributed by atoms with Crippen LogP contribution in [-0.2, 0) is 9.09 Å². The van der Waals surface area contributed by atoms with Gasteiger partial charge < -0.3 is 15.4 Å². The lowest BCUT2D eigenvalue weighted by molar-refractivity contribution is 0.197. The highest BCUT2D eigenvalue weighted by Crippen LogP contribution is 2.55. The molecule has 0 aromatic rings. The van der Waals surface area contributed by atoms with Gasteiger partial charge in [-0.3, -0.25) is 4.57 Å². The fraction of sp³-hybridized carbons (Fsp3) is 0.818. The van der Waals surface area contributed by atoms with Crippen LogP contribution in [0.25, 0.3) is 0 Å². The van der Waals surface area contributed by atoms with Crippen LogP contribution in [0.3, 0.4) is 0 Å². The molecule has 0 saturated carbocycles. The van der Waals surface area contributed by atoms with Gasteiger partial charge in [-0.25, -0.2) is 0 Å². The number of nitrogens with two attached hydrogens (primary N) is 1. The molecule has 1 rings (SSSR count). The second-order valence-electron chi connectivity index (χ2n) is 4.15. The van der Waals surface area contributed by atoms with Gasteiger partial charge in [0, 0.05) is 12.2 Å². The number of aliphatic hydroxyl groups is 1. The van der Waals surface area contributed by atoms with Gasteiger partial charge in [0.2, 0.25) is 7.37 Å². The first-order chi connectivity index (χ1) is 7.62. The molecule has 0 saturated heterocycles. The summed E-state index contributed by atoms with van der Waals surface area (Å²) in [5, 5.41) is 9.56. The molecule has 1 aliphatic carbocycles. The molecule has 0 aromatic heterocycles. The molecule has 0 aliphatic heterocycles. The van der Waals surface area contributed by atoms with E-state index in [1.807, 2.05) is 6.92 Å². The van der Waals surface area contributed by atoms with Crippen LogP contribution in [-0.4, -0.2) is 36.2 Å². The summed E-state index contributed by atoms with van der Waals surface area (Å²) >= 11 is 0. The van der Waals surface area contributed by atoms with E-state index in [1.165, 1.54) is 0 Å². The fourth-order valence-electron chi connectivity index (χ4n) is 2.03. The van der Waals surface area contributed by atoms with Gasteiger partial charge in [-0.1, -0.05) is 12.2 Å². The molecule has 0 fully saturated rings. The molecular weight excluding hydrogens is 225 g/mol. The molecule has 0 bridgehead atoms. The highest BCUT2D eigenvalue weighted by Gasteiger charge is 2.35. The molecule has 5 heteroatoms. The third-order valence-electron chi connectivity index (χ3n) is 2.88. The highest BCUT2D eigenvalue weighted by atomic mass is 31.2. The molecule has 2 unspecified atom stereocenters. The number of aliphatic hydroxyl groups excluding tert-OH is 1. The number of hydrogen-bond acceptors (Lipinski definition) is 4. The number of allylic oxidation sites excluding steroid dienone is 2. The minimum Gasteiger partial charge on any atom is -0.391 e. The third kappa shape index (κ3) is 3.70. The summed E-state index contributed by atoms with van der Waals surface area (Å²) < 4.78 is 18.1. The van der Waals surface area contributed by atoms with Crippen molar-refractivity contribution in [1.82, 2.24) is 0 Å². The smallest absolute Gasteiger partial charge is 0.209 e. The fourth-order valence-corrected chi connectivity index (χ4v) is 4.80. The summed E-state index contributed by atoms with van der Waals surface area (Å²) in [5.41, 5.74) is 5.42. The molecule has 0 amide bonds. The third-order valence-corrected chi connectivity index (χ3v) is 6.09. The Labute approximate surface area is 97.3 Å². The molecule has 4 nitrogen and oxygen atoms in total. The summed E-state index contributed by atoms with van der Waals surface area (Å²) in [7, 11) is -2.75. The Morgan fingerprint density at radius 3 is 2.88 bits per heavy atom. The summed E-state index contributed by atoms with van der Waals surface area (Å²) in [6.07, 6.45) is 6.24. The van der Waals surface area contributed by atoms with Gasteiger partial charge >= 0.3 is 0 Å². The molecule has 3 atom stereocenters. The van der Waals surface area contributed by atoms with E-state index in [0.717, 1.165) is 19.3 Å². The maximum Gasteiger partial charge on any atom is 0.209 e. The Balaban J connectivity index is 2.70. The van der Waals surface area contributed by atoms with Crippen LogP contribution < -0.4 is 5.73 Å². The van der Waals surface area contributed by atoms with E-state index in [0.29, 0.717) is 6.61 Å². The summed E-state index contributed by atoms with van der Waals surface area (Å²) in [6.45, 7) is 2.40. The van der Waals surface area contributed by atoms with E-state index in [2.05, 4.69) is 12.2 Å². The first-order valence-corrected chi connectivity index (χ1v) is 7.76. The van der Waals surface area contributed by atoms with Gasteiger partial charge in [-0.2, -0.15) is 0 Å². The lowest BCUT2D eigenvalue weighted by atomic mass is 10.1. The average Bonchev–Trinajstić information content (AvgIpc) is 2.30. The maximum atomic E-state index is 12.7. The maximum absolute atomic E-state index is 12.7. The lowest BCUT2D eigenvalue weighted by Gasteiger charge is -2.29. The molecule has 3 N–H and O–H groups in total. The standard InChI is InChI=1S/C11H22NO3P/c1-2-15-16(14,9-10(13)8-12)11-6-4-3-5-7-11/h3-4,10-11,13H,2,5-9,12H2,1H3/t10-,11?,16?/m0/s1. The average molecular weight is 247 g/mol. The van der Waals surface area contributed by atoms with E-state index < -0.39 is 13.5 Å². The Morgan fingerprint density at radius 1 is 1.62 bits per heavy atom. The summed E-state index contributed by atoms with van der Waals surface area (Å²) in [4.78, 5) is 0. The van der Waals surface area contributed by atoms with Gasteiger partial charge in [0.05, 0.1) is 18.9 Å². The molecular formula is C11H22NO3P. The molecule has 94 valence electrons. The zero-order chi connectivity index (χ0) is 12.0. The highest BCUT2D eigenvalue weighted by molar-refractivity contribution is 7.59. The van der Waals surface area contributed by atoms with Crippen LogP contribution in [0.5, 0.6) is 0 Å². The Kier molecular flexibility index (Phi) is 5.70. The number of rotatable bonds is 6. The van der Waals surface area contributed by atoms with Crippen LogP contribution in [0.1, 0.15) is 26.2 Å². The topological polar surface area (TPSA) is 72.5 Å². The first-order valence-electron chi connectivity index (χ1n) is 5.88. The van der Waals surface area contributed by atoms with E-state index in [1.54, 1.807) is 0 Å². The lowest BCUT2D eigenvalue weighted by Crippen LogP contribution is -2.27. The second-order valence-corrected chi connectivity index (χ2v) is 6.96. The normalized spacial score (nSPS) is 26.3.